The van der Waals surface area contributed by atoms with Gasteiger partial charge in [0, 0.05) is 48.3 Å². The lowest BCUT2D eigenvalue weighted by Crippen LogP contribution is -2.33. The number of unbranched alkanes of at least 4 members (excludes halogenated alkanes) is 2. The van der Waals surface area contributed by atoms with E-state index in [2.05, 4.69) is 40.3 Å². The maximum absolute atomic E-state index is 15.5. The lowest BCUT2D eigenvalue weighted by Gasteiger charge is -2.34. The van der Waals surface area contributed by atoms with E-state index in [0.717, 1.165) is 44.5 Å². The van der Waals surface area contributed by atoms with Crippen LogP contribution in [-0.2, 0) is 5.92 Å². The number of likely N-dealkylation sites (tertiary alicyclic amines) is 1. The van der Waals surface area contributed by atoms with E-state index in [1.165, 1.54) is 12.8 Å². The fourth-order valence-electron chi connectivity index (χ4n) is 5.49. The van der Waals surface area contributed by atoms with E-state index in [1.807, 2.05) is 18.2 Å². The average molecular weight is 524 g/mol. The molecule has 6 nitrogen and oxygen atoms in total. The summed E-state index contributed by atoms with van der Waals surface area (Å²) in [6.07, 6.45) is 6.79. The van der Waals surface area contributed by atoms with Crippen LogP contribution in [0.2, 0.25) is 0 Å². The number of piperidine rings is 1. The van der Waals surface area contributed by atoms with Crippen molar-refractivity contribution in [1.82, 2.24) is 14.9 Å². The van der Waals surface area contributed by atoms with Crippen LogP contribution in [-0.4, -0.2) is 34.5 Å². The Hall–Kier alpha value is -3.16. The molecule has 2 aliphatic rings. The number of nitrogens with two attached hydrogens (primary N) is 1. The van der Waals surface area contributed by atoms with Crippen molar-refractivity contribution in [3.05, 3.63) is 54.6 Å². The Morgan fingerprint density at radius 2 is 2.00 bits per heavy atom. The molecule has 1 saturated heterocycles. The third kappa shape index (κ3) is 5.49. The molecule has 1 aromatic carbocycles. The van der Waals surface area contributed by atoms with Gasteiger partial charge >= 0.3 is 5.92 Å². The largest absolute Gasteiger partial charge is 0.450 e. The molecular formula is C30H39F2N5O. The first-order valence-corrected chi connectivity index (χ1v) is 13.9. The van der Waals surface area contributed by atoms with E-state index < -0.39 is 11.7 Å². The second-order valence-corrected chi connectivity index (χ2v) is 11.4. The minimum Gasteiger partial charge on any atom is -0.450 e. The Labute approximate surface area is 223 Å². The van der Waals surface area contributed by atoms with Crippen LogP contribution in [0.15, 0.2) is 53.2 Å². The number of anilines is 1. The fraction of sp³-hybridized carbons (Fsp3) is 0.533. The molecule has 2 aromatic heterocycles. The van der Waals surface area contributed by atoms with E-state index in [-0.39, 0.29) is 17.7 Å². The van der Waals surface area contributed by atoms with Crippen molar-refractivity contribution >= 4 is 27.9 Å². The van der Waals surface area contributed by atoms with Crippen molar-refractivity contribution < 1.29 is 13.2 Å². The molecule has 38 heavy (non-hydrogen) atoms. The number of hydrogen-bond acceptors (Lipinski definition) is 6. The molecule has 5 rings (SSSR count). The van der Waals surface area contributed by atoms with Crippen molar-refractivity contribution in [2.24, 2.45) is 17.1 Å². The van der Waals surface area contributed by atoms with E-state index in [1.54, 1.807) is 6.07 Å². The summed E-state index contributed by atoms with van der Waals surface area (Å²) in [5, 5.41) is 3.93. The fourth-order valence-corrected chi connectivity index (χ4v) is 5.49. The number of furan rings is 1. The number of fused-ring (bicyclic) bond motifs is 3. The van der Waals surface area contributed by atoms with E-state index in [4.69, 9.17) is 10.2 Å². The summed E-state index contributed by atoms with van der Waals surface area (Å²) in [7, 11) is 0. The average Bonchev–Trinajstić information content (AvgIpc) is 3.60. The molecule has 1 saturated carbocycles. The molecule has 2 fully saturated rings. The van der Waals surface area contributed by atoms with Gasteiger partial charge in [-0.2, -0.15) is 8.78 Å². The first kappa shape index (κ1) is 26.4. The molecule has 204 valence electrons. The third-order valence-corrected chi connectivity index (χ3v) is 8.24. The van der Waals surface area contributed by atoms with Crippen molar-refractivity contribution in [3.8, 4) is 0 Å². The number of aromatic nitrogens is 2. The van der Waals surface area contributed by atoms with Gasteiger partial charge in [-0.25, -0.2) is 9.97 Å². The van der Waals surface area contributed by atoms with Gasteiger partial charge in [-0.05, 0) is 63.0 Å². The van der Waals surface area contributed by atoms with Gasteiger partial charge in [-0.15, -0.1) is 0 Å². The van der Waals surface area contributed by atoms with Gasteiger partial charge in [-0.3, -0.25) is 0 Å². The first-order chi connectivity index (χ1) is 18.2. The highest BCUT2D eigenvalue weighted by atomic mass is 19.3. The van der Waals surface area contributed by atoms with Gasteiger partial charge in [-0.1, -0.05) is 38.6 Å². The Bertz CT molecular complexity index is 1330. The van der Waals surface area contributed by atoms with Crippen molar-refractivity contribution in [1.29, 1.82) is 0 Å². The predicted molar refractivity (Wildman–Crippen MR) is 149 cm³/mol. The van der Waals surface area contributed by atoms with Crippen molar-refractivity contribution in [2.45, 2.75) is 70.6 Å². The van der Waals surface area contributed by atoms with Crippen LogP contribution >= 0.6 is 0 Å². The van der Waals surface area contributed by atoms with Gasteiger partial charge in [0.25, 0.3) is 0 Å². The molecule has 1 aliphatic carbocycles. The van der Waals surface area contributed by atoms with Gasteiger partial charge in [0.2, 0.25) is 5.82 Å². The number of halogens is 2. The summed E-state index contributed by atoms with van der Waals surface area (Å²) in [5.41, 5.74) is 8.88. The summed E-state index contributed by atoms with van der Waals surface area (Å²) < 4.78 is 36.9. The number of nitrogens with zero attached hydrogens (tertiary/aromatic N) is 3. The summed E-state index contributed by atoms with van der Waals surface area (Å²) in [4.78, 5) is 11.0. The van der Waals surface area contributed by atoms with Gasteiger partial charge in [0.1, 0.15) is 11.1 Å². The first-order valence-electron chi connectivity index (χ1n) is 13.9. The van der Waals surface area contributed by atoms with Crippen molar-refractivity contribution in [2.75, 3.05) is 25.0 Å². The van der Waals surface area contributed by atoms with Gasteiger partial charge in [0.05, 0.1) is 0 Å². The van der Waals surface area contributed by atoms with E-state index >= 15 is 8.78 Å². The number of rotatable bonds is 12. The molecule has 0 bridgehead atoms. The lowest BCUT2D eigenvalue weighted by molar-refractivity contribution is -0.0244. The molecule has 8 heteroatoms. The monoisotopic (exact) mass is 523 g/mol. The summed E-state index contributed by atoms with van der Waals surface area (Å²) in [6.45, 7) is 13.0. The Balaban J connectivity index is 1.27. The normalized spacial score (nSPS) is 19.1. The molecule has 0 radical (unpaired) electrons. The molecule has 3 heterocycles. The van der Waals surface area contributed by atoms with Crippen LogP contribution < -0.4 is 11.1 Å². The zero-order valence-corrected chi connectivity index (χ0v) is 22.4. The number of nitrogens with one attached hydrogen (secondary N) is 1. The minimum absolute atomic E-state index is 0.220. The minimum atomic E-state index is -3.16. The summed E-state index contributed by atoms with van der Waals surface area (Å²) in [5.74, 6) is -2.66. The second-order valence-electron chi connectivity index (χ2n) is 11.4. The van der Waals surface area contributed by atoms with Crippen LogP contribution in [0, 0.1) is 11.3 Å². The number of alkyl halides is 2. The van der Waals surface area contributed by atoms with Crippen LogP contribution in [0.5, 0.6) is 0 Å². The van der Waals surface area contributed by atoms with Crippen molar-refractivity contribution in [3.63, 3.8) is 0 Å². The standard InChI is InChI=1S/C30H39F2N5O/c1-20-10-9-17-37(18-20)21(2)11-5-4-8-14-30(31,32)28-35-25-23-12-6-7-13-24(23)38-26(25)27(36-28)34-19-29(15-16-29)22(3)33/h6-7,12-13,20H,2-5,8-11,14-19,33H2,1H3,(H,34,35,36). The zero-order chi connectivity index (χ0) is 26.9. The lowest BCUT2D eigenvalue weighted by atomic mass is 9.99. The highest BCUT2D eigenvalue weighted by Gasteiger charge is 2.44. The van der Waals surface area contributed by atoms with Crippen LogP contribution in [0.3, 0.4) is 0 Å². The second kappa shape index (κ2) is 10.5. The van der Waals surface area contributed by atoms with Gasteiger partial charge < -0.3 is 20.4 Å². The third-order valence-electron chi connectivity index (χ3n) is 8.24. The molecule has 1 unspecified atom stereocenters. The highest BCUT2D eigenvalue weighted by Crippen LogP contribution is 2.49. The van der Waals surface area contributed by atoms with Gasteiger partial charge in [0.15, 0.2) is 11.4 Å². The molecular weight excluding hydrogens is 484 g/mol. The molecule has 0 spiro atoms. The van der Waals surface area contributed by atoms with Crippen LogP contribution in [0.4, 0.5) is 14.6 Å². The smallest absolute Gasteiger partial charge is 0.306 e. The topological polar surface area (TPSA) is 80.2 Å². The zero-order valence-electron chi connectivity index (χ0n) is 22.4. The molecule has 3 N–H and O–H groups in total. The quantitative estimate of drug-likeness (QED) is 0.242. The summed E-state index contributed by atoms with van der Waals surface area (Å²) >= 11 is 0. The van der Waals surface area contributed by atoms with Crippen LogP contribution in [0.25, 0.3) is 22.1 Å². The molecule has 3 aromatic rings. The predicted octanol–water partition coefficient (Wildman–Crippen LogP) is 7.33. The SMILES string of the molecule is C=C(CCCCCC(F)(F)c1nc(NCC2(C(=C)N)CC2)c2oc3ccccc3c2n1)N1CCCC(C)C1. The Morgan fingerprint density at radius 3 is 2.74 bits per heavy atom. The highest BCUT2D eigenvalue weighted by molar-refractivity contribution is 6.05. The Morgan fingerprint density at radius 1 is 1.21 bits per heavy atom. The Kier molecular flexibility index (Phi) is 7.34. The van der Waals surface area contributed by atoms with E-state index in [0.29, 0.717) is 53.1 Å². The summed E-state index contributed by atoms with van der Waals surface area (Å²) in [6, 6.07) is 7.33. The number of para-hydroxylation sites is 1. The molecule has 1 atom stereocenters. The number of benzene rings is 1. The molecule has 0 amide bonds. The number of hydrogen-bond donors (Lipinski definition) is 2. The maximum atomic E-state index is 15.5. The van der Waals surface area contributed by atoms with Crippen LogP contribution in [0.1, 0.15) is 70.5 Å². The molecule has 1 aliphatic heterocycles. The number of allylic oxidation sites excluding steroid dienone is 1. The maximum Gasteiger partial charge on any atom is 0.306 e. The van der Waals surface area contributed by atoms with E-state index in [9.17, 15) is 0 Å².